The lowest BCUT2D eigenvalue weighted by Crippen LogP contribution is -2.00. The van der Waals surface area contributed by atoms with Crippen molar-refractivity contribution < 1.29 is 4.74 Å². The number of aromatic nitrogens is 5. The van der Waals surface area contributed by atoms with Gasteiger partial charge in [-0.3, -0.25) is 4.68 Å². The molecule has 36 heavy (non-hydrogen) atoms. The van der Waals surface area contributed by atoms with Crippen molar-refractivity contribution >= 4 is 23.0 Å². The molecule has 8 heteroatoms. The Morgan fingerprint density at radius 3 is 2.61 bits per heavy atom. The van der Waals surface area contributed by atoms with E-state index < -0.39 is 0 Å². The zero-order chi connectivity index (χ0) is 24.9. The summed E-state index contributed by atoms with van der Waals surface area (Å²) in [6, 6.07) is 17.6. The first-order valence-electron chi connectivity index (χ1n) is 11.5. The molecule has 5 aromatic rings. The molecule has 0 saturated carbocycles. The van der Waals surface area contributed by atoms with Crippen molar-refractivity contribution in [2.24, 2.45) is 0 Å². The molecule has 3 aromatic heterocycles. The smallest absolute Gasteiger partial charge is 0.230 e. The van der Waals surface area contributed by atoms with E-state index in [1.54, 1.807) is 23.6 Å². The molecule has 3 heterocycles. The van der Waals surface area contributed by atoms with Crippen LogP contribution in [0.1, 0.15) is 21.6 Å². The Hall–Kier alpha value is -4.48. The van der Waals surface area contributed by atoms with Crippen LogP contribution in [0.25, 0.3) is 11.3 Å². The molecule has 0 fully saturated rings. The van der Waals surface area contributed by atoms with Gasteiger partial charge in [0.05, 0.1) is 6.20 Å². The van der Waals surface area contributed by atoms with E-state index in [2.05, 4.69) is 61.2 Å². The normalized spacial score (nSPS) is 10.7. The number of aryl methyl sites for hydroxylation is 4. The summed E-state index contributed by atoms with van der Waals surface area (Å²) in [5, 5.41) is 13.9. The van der Waals surface area contributed by atoms with E-state index in [9.17, 15) is 0 Å². The molecule has 0 atom stereocenters. The van der Waals surface area contributed by atoms with E-state index >= 15 is 0 Å². The van der Waals surface area contributed by atoms with Gasteiger partial charge in [-0.05, 0) is 72.8 Å². The van der Waals surface area contributed by atoms with Gasteiger partial charge >= 0.3 is 0 Å². The number of anilines is 2. The van der Waals surface area contributed by atoms with Crippen molar-refractivity contribution in [2.75, 3.05) is 5.32 Å². The SMILES string of the molecule is C#Cc1ccc(Nc2nccc(Oc3c(C)cc(-c4cn(CCc5cccs5)nn4)cc3C)n2)cc1. The number of benzene rings is 2. The molecular weight excluding hydrogens is 468 g/mol. The average Bonchev–Trinajstić information content (AvgIpc) is 3.58. The van der Waals surface area contributed by atoms with Crippen molar-refractivity contribution in [3.05, 3.63) is 93.9 Å². The largest absolute Gasteiger partial charge is 0.438 e. The van der Waals surface area contributed by atoms with Crippen LogP contribution in [0.15, 0.2) is 72.4 Å². The van der Waals surface area contributed by atoms with Gasteiger partial charge in [0.25, 0.3) is 0 Å². The Labute approximate surface area is 213 Å². The standard InChI is InChI=1S/C28H24N6OS/c1-4-21-7-9-23(10-8-21)30-28-29-13-11-26(31-28)35-27-19(2)16-22(17-20(27)3)25-18-34(33-32-25)14-12-24-6-5-15-36-24/h1,5-11,13,15-18H,12,14H2,2-3H3,(H,29,30,31). The molecule has 0 amide bonds. The van der Waals surface area contributed by atoms with E-state index in [1.807, 2.05) is 49.0 Å². The van der Waals surface area contributed by atoms with Crippen molar-refractivity contribution in [2.45, 2.75) is 26.8 Å². The predicted octanol–water partition coefficient (Wildman–Crippen LogP) is 6.17. The third-order valence-electron chi connectivity index (χ3n) is 5.61. The van der Waals surface area contributed by atoms with E-state index in [-0.39, 0.29) is 0 Å². The Morgan fingerprint density at radius 2 is 1.89 bits per heavy atom. The van der Waals surface area contributed by atoms with E-state index in [4.69, 9.17) is 11.2 Å². The molecule has 0 saturated heterocycles. The molecule has 2 aromatic carbocycles. The van der Waals surface area contributed by atoms with Crippen molar-refractivity contribution in [3.63, 3.8) is 0 Å². The lowest BCUT2D eigenvalue weighted by atomic mass is 10.0. The first-order valence-corrected chi connectivity index (χ1v) is 12.3. The number of hydrogen-bond acceptors (Lipinski definition) is 7. The maximum Gasteiger partial charge on any atom is 0.230 e. The van der Waals surface area contributed by atoms with Gasteiger partial charge in [0, 0.05) is 46.9 Å². The van der Waals surface area contributed by atoms with Gasteiger partial charge < -0.3 is 10.1 Å². The Balaban J connectivity index is 1.29. The van der Waals surface area contributed by atoms with Crippen LogP contribution in [-0.4, -0.2) is 25.0 Å². The highest BCUT2D eigenvalue weighted by atomic mass is 32.1. The second kappa shape index (κ2) is 10.4. The molecule has 1 N–H and O–H groups in total. The summed E-state index contributed by atoms with van der Waals surface area (Å²) in [7, 11) is 0. The fourth-order valence-electron chi connectivity index (χ4n) is 3.82. The van der Waals surface area contributed by atoms with Gasteiger partial charge in [-0.25, -0.2) is 4.98 Å². The minimum atomic E-state index is 0.437. The van der Waals surface area contributed by atoms with Gasteiger partial charge in [-0.2, -0.15) is 4.98 Å². The summed E-state index contributed by atoms with van der Waals surface area (Å²) in [6.07, 6.45) is 10.0. The highest BCUT2D eigenvalue weighted by molar-refractivity contribution is 7.09. The van der Waals surface area contributed by atoms with Gasteiger partial charge in [-0.1, -0.05) is 17.2 Å². The van der Waals surface area contributed by atoms with Crippen LogP contribution in [0, 0.1) is 26.2 Å². The van der Waals surface area contributed by atoms with Crippen LogP contribution in [0.3, 0.4) is 0 Å². The summed E-state index contributed by atoms with van der Waals surface area (Å²) in [4.78, 5) is 10.1. The van der Waals surface area contributed by atoms with Crippen LogP contribution in [0.2, 0.25) is 0 Å². The molecule has 0 spiro atoms. The second-order valence-electron chi connectivity index (χ2n) is 8.30. The fourth-order valence-corrected chi connectivity index (χ4v) is 4.52. The average molecular weight is 493 g/mol. The predicted molar refractivity (Wildman–Crippen MR) is 143 cm³/mol. The number of ether oxygens (including phenoxy) is 1. The van der Waals surface area contributed by atoms with Gasteiger partial charge in [-0.15, -0.1) is 22.9 Å². The van der Waals surface area contributed by atoms with Crippen LogP contribution in [-0.2, 0) is 13.0 Å². The molecule has 0 unspecified atom stereocenters. The molecule has 178 valence electrons. The summed E-state index contributed by atoms with van der Waals surface area (Å²) in [5.74, 6) is 4.25. The molecule has 7 nitrogen and oxygen atoms in total. The quantitative estimate of drug-likeness (QED) is 0.261. The topological polar surface area (TPSA) is 77.8 Å². The number of hydrogen-bond donors (Lipinski definition) is 1. The van der Waals surface area contributed by atoms with Crippen molar-refractivity contribution in [3.8, 4) is 35.2 Å². The summed E-state index contributed by atoms with van der Waals surface area (Å²) < 4.78 is 8.06. The van der Waals surface area contributed by atoms with Crippen molar-refractivity contribution in [1.82, 2.24) is 25.0 Å². The maximum atomic E-state index is 6.17. The number of rotatable bonds is 8. The Kier molecular flexibility index (Phi) is 6.74. The minimum Gasteiger partial charge on any atom is -0.438 e. The zero-order valence-electron chi connectivity index (χ0n) is 20.0. The molecular formula is C28H24N6OS. The number of nitrogens with zero attached hydrogens (tertiary/aromatic N) is 5. The van der Waals surface area contributed by atoms with Crippen LogP contribution in [0.5, 0.6) is 11.6 Å². The molecule has 0 aliphatic carbocycles. The molecule has 0 radical (unpaired) electrons. The summed E-state index contributed by atoms with van der Waals surface area (Å²) in [6.45, 7) is 4.83. The first kappa shape index (κ1) is 23.3. The van der Waals surface area contributed by atoms with Crippen LogP contribution < -0.4 is 10.1 Å². The number of thiophene rings is 1. The Bertz CT molecular complexity index is 1490. The minimum absolute atomic E-state index is 0.437. The molecule has 5 rings (SSSR count). The first-order chi connectivity index (χ1) is 17.6. The third-order valence-corrected chi connectivity index (χ3v) is 6.54. The molecule has 0 aliphatic heterocycles. The van der Waals surface area contributed by atoms with Crippen LogP contribution >= 0.6 is 11.3 Å². The third kappa shape index (κ3) is 5.43. The van der Waals surface area contributed by atoms with E-state index in [0.29, 0.717) is 11.8 Å². The fraction of sp³-hybridized carbons (Fsp3) is 0.143. The van der Waals surface area contributed by atoms with Gasteiger partial charge in [0.2, 0.25) is 11.8 Å². The summed E-state index contributed by atoms with van der Waals surface area (Å²) in [5.41, 5.74) is 5.45. The van der Waals surface area contributed by atoms with Crippen LogP contribution in [0.4, 0.5) is 11.6 Å². The highest BCUT2D eigenvalue weighted by Gasteiger charge is 2.13. The van der Waals surface area contributed by atoms with Gasteiger partial charge in [0.1, 0.15) is 11.4 Å². The van der Waals surface area contributed by atoms with Gasteiger partial charge in [0.15, 0.2) is 0 Å². The highest BCUT2D eigenvalue weighted by Crippen LogP contribution is 2.32. The van der Waals surface area contributed by atoms with Crippen molar-refractivity contribution in [1.29, 1.82) is 0 Å². The number of nitrogens with one attached hydrogen (secondary N) is 1. The monoisotopic (exact) mass is 492 g/mol. The zero-order valence-corrected chi connectivity index (χ0v) is 20.8. The summed E-state index contributed by atoms with van der Waals surface area (Å²) >= 11 is 1.76. The lowest BCUT2D eigenvalue weighted by molar-refractivity contribution is 0.455. The second-order valence-corrected chi connectivity index (χ2v) is 9.33. The Morgan fingerprint density at radius 1 is 1.08 bits per heavy atom. The maximum absolute atomic E-state index is 6.17. The number of terminal acetylenes is 1. The molecule has 0 bridgehead atoms. The van der Waals surface area contributed by atoms with E-state index in [0.717, 1.165) is 52.4 Å². The van der Waals surface area contributed by atoms with E-state index in [1.165, 1.54) is 4.88 Å². The lowest BCUT2D eigenvalue weighted by Gasteiger charge is -2.13. The molecule has 0 aliphatic rings.